The van der Waals surface area contributed by atoms with Gasteiger partial charge in [0.15, 0.2) is 35.1 Å². The predicted octanol–water partition coefficient (Wildman–Crippen LogP) is 1.98. The van der Waals surface area contributed by atoms with Crippen LogP contribution >= 0.6 is 0 Å². The molecular formula is C22H18N6O7. The molecule has 3 aromatic rings. The van der Waals surface area contributed by atoms with Gasteiger partial charge in [0.25, 0.3) is 11.8 Å². The molecule has 1 aromatic heterocycles. The van der Waals surface area contributed by atoms with Gasteiger partial charge in [-0.1, -0.05) is 10.4 Å². The molecule has 2 aromatic carbocycles. The number of benzene rings is 2. The molecule has 6 rings (SSSR count). The number of rotatable bonds is 6. The Morgan fingerprint density at radius 1 is 1.00 bits per heavy atom. The number of anilines is 1. The number of hydrogen-bond donors (Lipinski definition) is 0. The highest BCUT2D eigenvalue weighted by atomic mass is 16.7. The van der Waals surface area contributed by atoms with Gasteiger partial charge in [-0.15, -0.1) is 0 Å². The summed E-state index contributed by atoms with van der Waals surface area (Å²) in [5, 5.41) is 13.4. The van der Waals surface area contributed by atoms with Gasteiger partial charge in [-0.2, -0.15) is 10.1 Å². The van der Waals surface area contributed by atoms with Gasteiger partial charge in [-0.25, -0.2) is 4.90 Å². The molecule has 35 heavy (non-hydrogen) atoms. The first kappa shape index (κ1) is 20.9. The van der Waals surface area contributed by atoms with Crippen LogP contribution in [0.25, 0.3) is 11.4 Å². The van der Waals surface area contributed by atoms with Crippen LogP contribution in [0.4, 0.5) is 5.69 Å². The van der Waals surface area contributed by atoms with E-state index >= 15 is 0 Å². The third-order valence-corrected chi connectivity index (χ3v) is 5.88. The summed E-state index contributed by atoms with van der Waals surface area (Å²) in [4.78, 5) is 31.7. The maximum Gasteiger partial charge on any atom is 0.263 e. The Kier molecular flexibility index (Phi) is 4.76. The summed E-state index contributed by atoms with van der Waals surface area (Å²) >= 11 is 0. The third kappa shape index (κ3) is 3.31. The Morgan fingerprint density at radius 2 is 1.83 bits per heavy atom. The number of aromatic nitrogens is 2. The van der Waals surface area contributed by atoms with Crippen molar-refractivity contribution in [3.05, 3.63) is 42.3 Å². The number of carbonyl (C=O) groups is 2. The van der Waals surface area contributed by atoms with Gasteiger partial charge in [0.2, 0.25) is 18.5 Å². The van der Waals surface area contributed by atoms with E-state index in [-0.39, 0.29) is 19.2 Å². The number of ether oxygens (including phenoxy) is 4. The van der Waals surface area contributed by atoms with Gasteiger partial charge in [-0.05, 0) is 30.3 Å². The van der Waals surface area contributed by atoms with Gasteiger partial charge in [0.05, 0.1) is 19.9 Å². The molecule has 3 aliphatic rings. The van der Waals surface area contributed by atoms with E-state index in [0.29, 0.717) is 40.1 Å². The van der Waals surface area contributed by atoms with Crippen molar-refractivity contribution in [3.63, 3.8) is 0 Å². The Bertz CT molecular complexity index is 1370. The lowest BCUT2D eigenvalue weighted by molar-refractivity contribution is -0.123. The predicted molar refractivity (Wildman–Crippen MR) is 116 cm³/mol. The lowest BCUT2D eigenvalue weighted by Gasteiger charge is -2.20. The standard InChI is InChI=1S/C22H18N6O7/c1-31-13-6-4-12(8-15(13)32-2)28-21(29)18-19(22(28)30)27(26-24-18)9-17-23-20(25-35-17)11-3-5-14-16(7-11)34-10-33-14/h3-8,18-19H,9-10H2,1-2H3/t18-,19-/m1/s1. The number of methoxy groups -OCH3 is 2. The highest BCUT2D eigenvalue weighted by Crippen LogP contribution is 2.38. The Hall–Kier alpha value is -4.68. The van der Waals surface area contributed by atoms with E-state index in [1.165, 1.54) is 19.2 Å². The Morgan fingerprint density at radius 3 is 2.66 bits per heavy atom. The Labute approximate surface area is 197 Å². The van der Waals surface area contributed by atoms with Gasteiger partial charge in [0.1, 0.15) is 6.54 Å². The summed E-state index contributed by atoms with van der Waals surface area (Å²) in [6, 6.07) is 8.21. The fourth-order valence-corrected chi connectivity index (χ4v) is 4.18. The van der Waals surface area contributed by atoms with E-state index in [1.807, 2.05) is 0 Å². The van der Waals surface area contributed by atoms with Crippen molar-refractivity contribution in [2.75, 3.05) is 25.9 Å². The van der Waals surface area contributed by atoms with Crippen molar-refractivity contribution in [2.45, 2.75) is 18.6 Å². The summed E-state index contributed by atoms with van der Waals surface area (Å²) in [7, 11) is 2.98. The summed E-state index contributed by atoms with van der Waals surface area (Å²) in [5.41, 5.74) is 1.03. The van der Waals surface area contributed by atoms with E-state index in [9.17, 15) is 9.59 Å². The van der Waals surface area contributed by atoms with E-state index in [2.05, 4.69) is 20.5 Å². The van der Waals surface area contributed by atoms with Crippen molar-refractivity contribution in [2.24, 2.45) is 10.3 Å². The zero-order valence-electron chi connectivity index (χ0n) is 18.6. The average Bonchev–Trinajstić information content (AvgIpc) is 3.66. The molecule has 0 bridgehead atoms. The maximum absolute atomic E-state index is 13.3. The average molecular weight is 478 g/mol. The summed E-state index contributed by atoms with van der Waals surface area (Å²) < 4.78 is 26.6. The molecule has 2 amide bonds. The zero-order chi connectivity index (χ0) is 24.1. The van der Waals surface area contributed by atoms with Crippen LogP contribution in [0.2, 0.25) is 0 Å². The van der Waals surface area contributed by atoms with E-state index in [4.69, 9.17) is 23.5 Å². The molecule has 178 valence electrons. The largest absolute Gasteiger partial charge is 0.493 e. The fraction of sp³-hybridized carbons (Fsp3) is 0.273. The molecule has 0 unspecified atom stereocenters. The highest BCUT2D eigenvalue weighted by molar-refractivity contribution is 6.25. The molecule has 0 N–H and O–H groups in total. The number of imide groups is 1. The second kappa shape index (κ2) is 7.97. The molecule has 0 spiro atoms. The number of nitrogens with zero attached hydrogens (tertiary/aromatic N) is 6. The maximum atomic E-state index is 13.3. The Balaban J connectivity index is 1.22. The molecule has 3 aliphatic heterocycles. The van der Waals surface area contributed by atoms with Crippen molar-refractivity contribution < 1.29 is 33.1 Å². The molecule has 0 aliphatic carbocycles. The van der Waals surface area contributed by atoms with Crippen LogP contribution in [0.1, 0.15) is 5.89 Å². The van der Waals surface area contributed by atoms with Crippen LogP contribution in [0, 0.1) is 0 Å². The van der Waals surface area contributed by atoms with Crippen LogP contribution in [-0.4, -0.2) is 60.1 Å². The smallest absolute Gasteiger partial charge is 0.263 e. The molecular weight excluding hydrogens is 460 g/mol. The third-order valence-electron chi connectivity index (χ3n) is 5.88. The van der Waals surface area contributed by atoms with Crippen LogP contribution < -0.4 is 23.8 Å². The van der Waals surface area contributed by atoms with Crippen molar-refractivity contribution in [1.82, 2.24) is 15.1 Å². The highest BCUT2D eigenvalue weighted by Gasteiger charge is 2.55. The van der Waals surface area contributed by atoms with Gasteiger partial charge in [0, 0.05) is 11.6 Å². The summed E-state index contributed by atoms with van der Waals surface area (Å²) in [6.45, 7) is 0.160. The van der Waals surface area contributed by atoms with Crippen molar-refractivity contribution >= 4 is 17.5 Å². The quantitative estimate of drug-likeness (QED) is 0.483. The second-order valence-corrected chi connectivity index (χ2v) is 7.82. The molecule has 13 heteroatoms. The molecule has 1 fully saturated rings. The monoisotopic (exact) mass is 478 g/mol. The number of fused-ring (bicyclic) bond motifs is 2. The number of hydrogen-bond acceptors (Lipinski definition) is 12. The van der Waals surface area contributed by atoms with Crippen LogP contribution in [-0.2, 0) is 16.1 Å². The minimum atomic E-state index is -0.966. The van der Waals surface area contributed by atoms with Crippen molar-refractivity contribution in [1.29, 1.82) is 0 Å². The minimum absolute atomic E-state index is 0.00100. The van der Waals surface area contributed by atoms with Gasteiger partial charge in [-0.3, -0.25) is 14.6 Å². The van der Waals surface area contributed by atoms with Gasteiger partial charge >= 0.3 is 0 Å². The van der Waals surface area contributed by atoms with Gasteiger partial charge < -0.3 is 23.5 Å². The normalized spacial score (nSPS) is 20.1. The molecule has 13 nitrogen and oxygen atoms in total. The molecule has 0 saturated carbocycles. The molecule has 2 atom stereocenters. The van der Waals surface area contributed by atoms with E-state index < -0.39 is 23.9 Å². The molecule has 0 radical (unpaired) electrons. The van der Waals surface area contributed by atoms with Crippen molar-refractivity contribution in [3.8, 4) is 34.4 Å². The second-order valence-electron chi connectivity index (χ2n) is 7.82. The number of carbonyl (C=O) groups excluding carboxylic acids is 2. The first-order chi connectivity index (χ1) is 17.1. The number of amides is 2. The van der Waals surface area contributed by atoms with E-state index in [0.717, 1.165) is 4.90 Å². The summed E-state index contributed by atoms with van der Waals surface area (Å²) in [6.07, 6.45) is 0. The van der Waals surface area contributed by atoms with Crippen LogP contribution in [0.3, 0.4) is 0 Å². The lowest BCUT2D eigenvalue weighted by Crippen LogP contribution is -2.39. The fourth-order valence-electron chi connectivity index (χ4n) is 4.18. The SMILES string of the molecule is COc1ccc(N2C(=O)[C@@H]3N=NN(Cc4nc(-c5ccc6c(c5)OCO6)no4)[C@H]3C2=O)cc1OC. The lowest BCUT2D eigenvalue weighted by atomic mass is 10.1. The zero-order valence-corrected chi connectivity index (χ0v) is 18.6. The van der Waals surface area contributed by atoms with Crippen LogP contribution in [0.15, 0.2) is 51.3 Å². The topological polar surface area (TPSA) is 141 Å². The molecule has 4 heterocycles. The minimum Gasteiger partial charge on any atom is -0.493 e. The molecule has 1 saturated heterocycles. The summed E-state index contributed by atoms with van der Waals surface area (Å²) in [5.74, 6) is 1.71. The van der Waals surface area contributed by atoms with E-state index in [1.54, 1.807) is 36.4 Å². The van der Waals surface area contributed by atoms with Crippen LogP contribution in [0.5, 0.6) is 23.0 Å². The first-order valence-corrected chi connectivity index (χ1v) is 10.6. The first-order valence-electron chi connectivity index (χ1n) is 10.6.